The summed E-state index contributed by atoms with van der Waals surface area (Å²) in [5.74, 6) is 5.59. The number of hydrogen-bond donors (Lipinski definition) is 4. The maximum Gasteiger partial charge on any atom is 0.337 e. The molecule has 0 bridgehead atoms. The van der Waals surface area contributed by atoms with Crippen LogP contribution in [0.5, 0.6) is 0 Å². The molecule has 7 nitrogen and oxygen atoms in total. The van der Waals surface area contributed by atoms with Gasteiger partial charge in [0.05, 0.1) is 19.3 Å². The van der Waals surface area contributed by atoms with Crippen LogP contribution in [-0.4, -0.2) is 64.5 Å². The molecule has 29 heavy (non-hydrogen) atoms. The van der Waals surface area contributed by atoms with E-state index in [1.54, 1.807) is 48.5 Å². The van der Waals surface area contributed by atoms with Gasteiger partial charge in [0.15, 0.2) is 0 Å². The molecule has 7 heteroatoms. The van der Waals surface area contributed by atoms with Crippen LogP contribution >= 0.6 is 0 Å². The number of aliphatic hydroxyl groups is 4. The summed E-state index contributed by atoms with van der Waals surface area (Å²) in [4.78, 5) is 11.4. The lowest BCUT2D eigenvalue weighted by molar-refractivity contribution is -0.231. The number of aliphatic hydroxyl groups excluding tert-OH is 4. The van der Waals surface area contributed by atoms with Crippen LogP contribution in [-0.2, 0) is 9.47 Å². The predicted molar refractivity (Wildman–Crippen MR) is 103 cm³/mol. The van der Waals surface area contributed by atoms with E-state index in [4.69, 9.17) is 4.74 Å². The lowest BCUT2D eigenvalue weighted by Gasteiger charge is -2.40. The van der Waals surface area contributed by atoms with Gasteiger partial charge in [-0.15, -0.1) is 0 Å². The van der Waals surface area contributed by atoms with Gasteiger partial charge in [0, 0.05) is 11.1 Å². The first-order chi connectivity index (χ1) is 13.9. The van der Waals surface area contributed by atoms with Crippen molar-refractivity contribution >= 4 is 5.97 Å². The molecule has 0 aromatic heterocycles. The Kier molecular flexibility index (Phi) is 6.64. The van der Waals surface area contributed by atoms with Crippen molar-refractivity contribution in [1.82, 2.24) is 0 Å². The molecular formula is C22H22O7. The van der Waals surface area contributed by atoms with Crippen LogP contribution < -0.4 is 0 Å². The average Bonchev–Trinajstić information content (AvgIpc) is 2.76. The SMILES string of the molecule is COC(=O)c1ccc(C#Cc2ccc([C@H]3O[C@H](CO)[C@@H](O)[C@H](O)[C@@H]3O)cc2)cc1. The summed E-state index contributed by atoms with van der Waals surface area (Å²) in [6, 6.07) is 13.6. The molecule has 4 N–H and O–H groups in total. The van der Waals surface area contributed by atoms with E-state index >= 15 is 0 Å². The minimum Gasteiger partial charge on any atom is -0.465 e. The molecule has 1 aliphatic rings. The van der Waals surface area contributed by atoms with E-state index in [0.29, 0.717) is 11.1 Å². The number of methoxy groups -OCH3 is 1. The first-order valence-corrected chi connectivity index (χ1v) is 9.05. The predicted octanol–water partition coefficient (Wildman–Crippen LogP) is 0.388. The molecule has 1 fully saturated rings. The highest BCUT2D eigenvalue weighted by molar-refractivity contribution is 5.89. The number of carbonyl (C=O) groups is 1. The Labute approximate surface area is 168 Å². The quantitative estimate of drug-likeness (QED) is 0.437. The van der Waals surface area contributed by atoms with Crippen molar-refractivity contribution in [2.75, 3.05) is 13.7 Å². The zero-order valence-corrected chi connectivity index (χ0v) is 15.7. The molecule has 1 aliphatic heterocycles. The summed E-state index contributed by atoms with van der Waals surface area (Å²) in [6.45, 7) is -0.472. The molecule has 2 aromatic rings. The highest BCUT2D eigenvalue weighted by atomic mass is 16.5. The third-order valence-electron chi connectivity index (χ3n) is 4.79. The third kappa shape index (κ3) is 4.65. The summed E-state index contributed by atoms with van der Waals surface area (Å²) >= 11 is 0. The molecule has 2 aromatic carbocycles. The molecule has 3 rings (SSSR count). The molecule has 0 aliphatic carbocycles. The highest BCUT2D eigenvalue weighted by Crippen LogP contribution is 2.32. The maximum atomic E-state index is 11.4. The Hall–Kier alpha value is -2.73. The van der Waals surface area contributed by atoms with E-state index in [0.717, 1.165) is 11.1 Å². The van der Waals surface area contributed by atoms with Gasteiger partial charge < -0.3 is 29.9 Å². The van der Waals surface area contributed by atoms with Gasteiger partial charge in [0.1, 0.15) is 30.5 Å². The van der Waals surface area contributed by atoms with Crippen molar-refractivity contribution in [2.24, 2.45) is 0 Å². The van der Waals surface area contributed by atoms with Crippen molar-refractivity contribution in [1.29, 1.82) is 0 Å². The summed E-state index contributed by atoms with van der Waals surface area (Å²) in [5, 5.41) is 39.3. The number of carbonyl (C=O) groups excluding carboxylic acids is 1. The maximum absolute atomic E-state index is 11.4. The fraction of sp³-hybridized carbons (Fsp3) is 0.318. The smallest absolute Gasteiger partial charge is 0.337 e. The Balaban J connectivity index is 1.72. The molecule has 0 saturated carbocycles. The molecule has 0 amide bonds. The molecule has 1 heterocycles. The lowest BCUT2D eigenvalue weighted by atomic mass is 9.91. The zero-order chi connectivity index (χ0) is 21.0. The number of rotatable bonds is 3. The van der Waals surface area contributed by atoms with E-state index < -0.39 is 43.1 Å². The largest absolute Gasteiger partial charge is 0.465 e. The van der Waals surface area contributed by atoms with Gasteiger partial charge in [-0.05, 0) is 42.0 Å². The van der Waals surface area contributed by atoms with Crippen LogP contribution in [0.25, 0.3) is 0 Å². The molecular weight excluding hydrogens is 376 g/mol. The highest BCUT2D eigenvalue weighted by Gasteiger charge is 2.43. The summed E-state index contributed by atoms with van der Waals surface area (Å²) in [5.41, 5.74) is 2.49. The lowest BCUT2D eigenvalue weighted by Crippen LogP contribution is -2.55. The molecule has 0 radical (unpaired) electrons. The zero-order valence-electron chi connectivity index (χ0n) is 15.7. The first kappa shape index (κ1) is 21.0. The minimum absolute atomic E-state index is 0.409. The summed E-state index contributed by atoms with van der Waals surface area (Å²) < 4.78 is 10.2. The second-order valence-corrected chi connectivity index (χ2v) is 6.69. The summed E-state index contributed by atoms with van der Waals surface area (Å²) in [7, 11) is 1.32. The number of benzene rings is 2. The van der Waals surface area contributed by atoms with Crippen LogP contribution in [0.2, 0.25) is 0 Å². The molecule has 5 atom stereocenters. The molecule has 152 valence electrons. The van der Waals surface area contributed by atoms with Crippen LogP contribution in [0, 0.1) is 11.8 Å². The monoisotopic (exact) mass is 398 g/mol. The number of hydrogen-bond acceptors (Lipinski definition) is 7. The standard InChI is InChI=1S/C22H22O7/c1-28-22(27)16-10-6-14(7-11-16)3-2-13-4-8-15(9-5-13)21-20(26)19(25)18(24)17(12-23)29-21/h4-11,17-21,23-26H,12H2,1H3/t17-,18-,19+,20+,21-/m1/s1. The van der Waals surface area contributed by atoms with Crippen molar-refractivity contribution in [3.8, 4) is 11.8 Å². The van der Waals surface area contributed by atoms with Crippen LogP contribution in [0.3, 0.4) is 0 Å². The van der Waals surface area contributed by atoms with Gasteiger partial charge in [-0.2, -0.15) is 0 Å². The van der Waals surface area contributed by atoms with Gasteiger partial charge in [-0.25, -0.2) is 4.79 Å². The Bertz CT molecular complexity index is 893. The molecule has 0 unspecified atom stereocenters. The van der Waals surface area contributed by atoms with Gasteiger partial charge in [-0.3, -0.25) is 0 Å². The van der Waals surface area contributed by atoms with Crippen LogP contribution in [0.15, 0.2) is 48.5 Å². The second kappa shape index (κ2) is 9.18. The minimum atomic E-state index is -1.42. The summed E-state index contributed by atoms with van der Waals surface area (Å²) in [6.07, 6.45) is -5.96. The van der Waals surface area contributed by atoms with Crippen LogP contribution in [0.1, 0.15) is 33.2 Å². The Morgan fingerprint density at radius 1 is 0.931 bits per heavy atom. The van der Waals surface area contributed by atoms with Gasteiger partial charge in [0.25, 0.3) is 0 Å². The van der Waals surface area contributed by atoms with Crippen LogP contribution in [0.4, 0.5) is 0 Å². The molecule has 0 spiro atoms. The van der Waals surface area contributed by atoms with E-state index in [9.17, 15) is 25.2 Å². The van der Waals surface area contributed by atoms with Gasteiger partial charge in [-0.1, -0.05) is 24.0 Å². The Morgan fingerprint density at radius 3 is 2.00 bits per heavy atom. The topological polar surface area (TPSA) is 116 Å². The second-order valence-electron chi connectivity index (χ2n) is 6.69. The number of esters is 1. The van der Waals surface area contributed by atoms with Crippen molar-refractivity contribution in [2.45, 2.75) is 30.5 Å². The van der Waals surface area contributed by atoms with Crippen molar-refractivity contribution < 1.29 is 34.7 Å². The van der Waals surface area contributed by atoms with Crippen molar-refractivity contribution in [3.05, 3.63) is 70.8 Å². The Morgan fingerprint density at radius 2 is 1.48 bits per heavy atom. The van der Waals surface area contributed by atoms with Crippen molar-refractivity contribution in [3.63, 3.8) is 0 Å². The fourth-order valence-electron chi connectivity index (χ4n) is 3.09. The van der Waals surface area contributed by atoms with E-state index in [-0.39, 0.29) is 0 Å². The van der Waals surface area contributed by atoms with Gasteiger partial charge in [0.2, 0.25) is 0 Å². The fourth-order valence-corrected chi connectivity index (χ4v) is 3.09. The average molecular weight is 398 g/mol. The van der Waals surface area contributed by atoms with Gasteiger partial charge >= 0.3 is 5.97 Å². The van der Waals surface area contributed by atoms with E-state index in [1.807, 2.05) is 0 Å². The number of ether oxygens (including phenoxy) is 2. The normalized spacial score (nSPS) is 26.3. The van der Waals surface area contributed by atoms with E-state index in [1.165, 1.54) is 7.11 Å². The van der Waals surface area contributed by atoms with E-state index in [2.05, 4.69) is 16.6 Å². The molecule has 1 saturated heterocycles. The first-order valence-electron chi connectivity index (χ1n) is 9.05. The third-order valence-corrected chi connectivity index (χ3v) is 4.79.